The smallest absolute Gasteiger partial charge is 0.336 e. The molecule has 1 amide bonds. The number of halogens is 1. The molecule has 0 atom stereocenters. The summed E-state index contributed by atoms with van der Waals surface area (Å²) in [4.78, 5) is 25.9. The molecule has 0 aliphatic carbocycles. The number of amides is 1. The van der Waals surface area contributed by atoms with Crippen LogP contribution in [-0.4, -0.2) is 33.1 Å². The highest BCUT2D eigenvalue weighted by Gasteiger charge is 2.17. The number of H-pyrrole nitrogens is 1. The summed E-state index contributed by atoms with van der Waals surface area (Å²) >= 11 is 3.16. The van der Waals surface area contributed by atoms with Crippen LogP contribution in [0.1, 0.15) is 10.4 Å². The molecule has 0 fully saturated rings. The van der Waals surface area contributed by atoms with Crippen molar-refractivity contribution in [3.05, 3.63) is 38.3 Å². The molecule has 20 heavy (non-hydrogen) atoms. The maximum absolute atomic E-state index is 12.0. The quantitative estimate of drug-likeness (QED) is 0.644. The number of hydrogen-bond donors (Lipinski definition) is 2. The van der Waals surface area contributed by atoms with E-state index in [4.69, 9.17) is 4.74 Å². The van der Waals surface area contributed by atoms with Crippen molar-refractivity contribution >= 4 is 33.5 Å². The average Bonchev–Trinajstić information content (AvgIpc) is 2.86. The third kappa shape index (κ3) is 2.91. The molecule has 2 rings (SSSR count). The predicted octanol–water partition coefficient (Wildman–Crippen LogP) is 1.74. The molecule has 1 aromatic carbocycles. The second-order valence-corrected chi connectivity index (χ2v) is 4.40. The molecule has 10 heteroatoms. The summed E-state index contributed by atoms with van der Waals surface area (Å²) in [6.45, 7) is 0. The van der Waals surface area contributed by atoms with Crippen LogP contribution in [-0.2, 0) is 0 Å². The Morgan fingerprint density at radius 1 is 1.55 bits per heavy atom. The van der Waals surface area contributed by atoms with Crippen molar-refractivity contribution in [3.8, 4) is 6.01 Å². The van der Waals surface area contributed by atoms with Gasteiger partial charge >= 0.3 is 6.01 Å². The van der Waals surface area contributed by atoms with E-state index >= 15 is 0 Å². The summed E-state index contributed by atoms with van der Waals surface area (Å²) in [6.07, 6.45) is 0. The standard InChI is InChI=1S/C10H8BrN5O4/c1-20-10-13-9(14-15-10)12-8(17)6-4-5(16(18)19)2-3-7(6)11/h2-4H,1H3,(H2,12,13,14,15,17). The Kier molecular flexibility index (Phi) is 3.94. The van der Waals surface area contributed by atoms with Gasteiger partial charge in [0, 0.05) is 16.6 Å². The summed E-state index contributed by atoms with van der Waals surface area (Å²) in [5.41, 5.74) is -0.0805. The van der Waals surface area contributed by atoms with Crippen molar-refractivity contribution < 1.29 is 14.5 Å². The van der Waals surface area contributed by atoms with Gasteiger partial charge in [-0.05, 0) is 22.0 Å². The van der Waals surface area contributed by atoms with E-state index in [0.717, 1.165) is 6.07 Å². The van der Waals surface area contributed by atoms with Gasteiger partial charge in [0.1, 0.15) is 0 Å². The second-order valence-electron chi connectivity index (χ2n) is 3.55. The molecule has 104 valence electrons. The lowest BCUT2D eigenvalue weighted by molar-refractivity contribution is -0.384. The van der Waals surface area contributed by atoms with Gasteiger partial charge in [0.25, 0.3) is 11.6 Å². The number of anilines is 1. The number of nitro groups is 1. The van der Waals surface area contributed by atoms with Crippen molar-refractivity contribution in [3.63, 3.8) is 0 Å². The van der Waals surface area contributed by atoms with Gasteiger partial charge in [0.2, 0.25) is 5.95 Å². The molecule has 0 saturated heterocycles. The number of aromatic nitrogens is 3. The first kappa shape index (κ1) is 13.9. The van der Waals surface area contributed by atoms with E-state index in [9.17, 15) is 14.9 Å². The molecule has 0 bridgehead atoms. The van der Waals surface area contributed by atoms with Crippen LogP contribution in [0.25, 0.3) is 0 Å². The molecule has 0 unspecified atom stereocenters. The van der Waals surface area contributed by atoms with Crippen LogP contribution in [0.4, 0.5) is 11.6 Å². The Hall–Kier alpha value is -2.49. The zero-order chi connectivity index (χ0) is 14.7. The zero-order valence-corrected chi connectivity index (χ0v) is 11.7. The van der Waals surface area contributed by atoms with E-state index < -0.39 is 10.8 Å². The Labute approximate surface area is 120 Å². The molecular formula is C10H8BrN5O4. The van der Waals surface area contributed by atoms with Gasteiger partial charge in [-0.3, -0.25) is 20.2 Å². The molecule has 1 heterocycles. The summed E-state index contributed by atoms with van der Waals surface area (Å²) in [5, 5.41) is 19.2. The van der Waals surface area contributed by atoms with E-state index in [0.29, 0.717) is 4.47 Å². The van der Waals surface area contributed by atoms with Crippen LogP contribution >= 0.6 is 15.9 Å². The molecular weight excluding hydrogens is 334 g/mol. The molecule has 0 aliphatic rings. The summed E-state index contributed by atoms with van der Waals surface area (Å²) in [6, 6.07) is 3.94. The van der Waals surface area contributed by atoms with E-state index in [1.165, 1.54) is 19.2 Å². The number of aromatic amines is 1. The summed E-state index contributed by atoms with van der Waals surface area (Å²) in [7, 11) is 1.38. The van der Waals surface area contributed by atoms with E-state index in [1.807, 2.05) is 0 Å². The largest absolute Gasteiger partial charge is 0.466 e. The average molecular weight is 342 g/mol. The molecule has 1 aromatic heterocycles. The van der Waals surface area contributed by atoms with Crippen LogP contribution in [0.15, 0.2) is 22.7 Å². The van der Waals surface area contributed by atoms with Gasteiger partial charge in [-0.25, -0.2) is 5.10 Å². The number of rotatable bonds is 4. The maximum Gasteiger partial charge on any atom is 0.336 e. The van der Waals surface area contributed by atoms with Crippen molar-refractivity contribution in [2.75, 3.05) is 12.4 Å². The number of non-ortho nitro benzene ring substituents is 1. The number of hydrogen-bond acceptors (Lipinski definition) is 6. The van der Waals surface area contributed by atoms with Gasteiger partial charge < -0.3 is 4.74 Å². The van der Waals surface area contributed by atoms with Gasteiger partial charge in [-0.1, -0.05) is 0 Å². The topological polar surface area (TPSA) is 123 Å². The number of nitrogens with one attached hydrogen (secondary N) is 2. The minimum atomic E-state index is -0.583. The normalized spacial score (nSPS) is 10.1. The van der Waals surface area contributed by atoms with Gasteiger partial charge in [0.15, 0.2) is 0 Å². The number of ether oxygens (including phenoxy) is 1. The first-order valence-corrected chi connectivity index (χ1v) is 6.02. The predicted molar refractivity (Wildman–Crippen MR) is 71.7 cm³/mol. The van der Waals surface area contributed by atoms with Crippen LogP contribution in [0.2, 0.25) is 0 Å². The van der Waals surface area contributed by atoms with Crippen LogP contribution in [0, 0.1) is 10.1 Å². The van der Waals surface area contributed by atoms with Gasteiger partial charge in [-0.2, -0.15) is 4.98 Å². The lowest BCUT2D eigenvalue weighted by Crippen LogP contribution is -2.14. The number of carbonyl (C=O) groups excluding carboxylic acids is 1. The molecule has 9 nitrogen and oxygen atoms in total. The van der Waals surface area contributed by atoms with Crippen LogP contribution < -0.4 is 10.1 Å². The van der Waals surface area contributed by atoms with Crippen molar-refractivity contribution in [1.29, 1.82) is 0 Å². The Balaban J connectivity index is 2.24. The SMILES string of the molecule is COc1n[nH]c(NC(=O)c2cc([N+](=O)[O-])ccc2Br)n1. The van der Waals surface area contributed by atoms with Crippen molar-refractivity contribution in [1.82, 2.24) is 15.2 Å². The first-order chi connectivity index (χ1) is 9.51. The number of benzene rings is 1. The number of carbonyl (C=O) groups is 1. The zero-order valence-electron chi connectivity index (χ0n) is 10.1. The van der Waals surface area contributed by atoms with Crippen molar-refractivity contribution in [2.24, 2.45) is 0 Å². The lowest BCUT2D eigenvalue weighted by atomic mass is 10.2. The van der Waals surface area contributed by atoms with E-state index in [-0.39, 0.29) is 23.2 Å². The Morgan fingerprint density at radius 3 is 2.90 bits per heavy atom. The molecule has 0 saturated carbocycles. The van der Waals surface area contributed by atoms with E-state index in [2.05, 4.69) is 36.4 Å². The maximum atomic E-state index is 12.0. The number of nitro benzene ring substituents is 1. The number of nitrogens with zero attached hydrogens (tertiary/aromatic N) is 3. The Morgan fingerprint density at radius 2 is 2.30 bits per heavy atom. The minimum Gasteiger partial charge on any atom is -0.466 e. The molecule has 2 N–H and O–H groups in total. The molecule has 0 radical (unpaired) electrons. The number of methoxy groups -OCH3 is 1. The fourth-order valence-electron chi connectivity index (χ4n) is 1.37. The van der Waals surface area contributed by atoms with Gasteiger partial charge in [-0.15, -0.1) is 5.10 Å². The van der Waals surface area contributed by atoms with E-state index in [1.54, 1.807) is 0 Å². The summed E-state index contributed by atoms with van der Waals surface area (Å²) in [5.74, 6) is -0.496. The third-order valence-electron chi connectivity index (χ3n) is 2.28. The molecule has 0 aliphatic heterocycles. The highest BCUT2D eigenvalue weighted by Crippen LogP contribution is 2.23. The third-order valence-corrected chi connectivity index (χ3v) is 2.98. The highest BCUT2D eigenvalue weighted by atomic mass is 79.9. The summed E-state index contributed by atoms with van der Waals surface area (Å²) < 4.78 is 5.18. The molecule has 0 spiro atoms. The first-order valence-electron chi connectivity index (χ1n) is 5.23. The highest BCUT2D eigenvalue weighted by molar-refractivity contribution is 9.10. The lowest BCUT2D eigenvalue weighted by Gasteiger charge is -2.03. The second kappa shape index (κ2) is 5.65. The molecule has 2 aromatic rings. The Bertz CT molecular complexity index is 671. The minimum absolute atomic E-state index is 0.0680. The monoisotopic (exact) mass is 341 g/mol. The fraction of sp³-hybridized carbons (Fsp3) is 0.100. The van der Waals surface area contributed by atoms with Crippen LogP contribution in [0.3, 0.4) is 0 Å². The van der Waals surface area contributed by atoms with Gasteiger partial charge in [0.05, 0.1) is 17.6 Å². The van der Waals surface area contributed by atoms with Crippen molar-refractivity contribution in [2.45, 2.75) is 0 Å². The fourth-order valence-corrected chi connectivity index (χ4v) is 1.80. The van der Waals surface area contributed by atoms with Crippen LogP contribution in [0.5, 0.6) is 6.01 Å².